The Balaban J connectivity index is 0.00000289. The van der Waals surface area contributed by atoms with Gasteiger partial charge in [0.15, 0.2) is 12.6 Å². The molecule has 3 aliphatic heterocycles. The van der Waals surface area contributed by atoms with Crippen molar-refractivity contribution in [2.75, 3.05) is 31.5 Å². The van der Waals surface area contributed by atoms with Crippen LogP contribution >= 0.6 is 0 Å². The van der Waals surface area contributed by atoms with E-state index in [9.17, 15) is 9.59 Å². The smallest absolute Gasteiger partial charge is 0.317 e. The normalized spacial score (nSPS) is 27.2. The summed E-state index contributed by atoms with van der Waals surface area (Å²) < 4.78 is 7.10. The van der Waals surface area contributed by atoms with Gasteiger partial charge in [-0.05, 0) is 30.5 Å². The van der Waals surface area contributed by atoms with Crippen LogP contribution in [-0.4, -0.2) is 53.6 Å². The second-order valence-electron chi connectivity index (χ2n) is 10.5. The Morgan fingerprint density at radius 3 is 2.31 bits per heavy atom. The first-order chi connectivity index (χ1) is 16.6. The van der Waals surface area contributed by atoms with Crippen LogP contribution in [0.25, 0.3) is 0 Å². The topological polar surface area (TPSA) is 68.3 Å². The van der Waals surface area contributed by atoms with Gasteiger partial charge in [0.2, 0.25) is 0 Å². The van der Waals surface area contributed by atoms with Gasteiger partial charge in [0, 0.05) is 25.0 Å². The van der Waals surface area contributed by atoms with E-state index in [2.05, 4.69) is 22.4 Å². The molecule has 2 aromatic rings. The maximum atomic E-state index is 13.9. The number of hydrogen-bond acceptors (Lipinski definition) is 4. The van der Waals surface area contributed by atoms with E-state index in [4.69, 9.17) is 4.74 Å². The number of fused-ring (bicyclic) bond motifs is 3. The first-order valence-electron chi connectivity index (χ1n) is 12.9. The van der Waals surface area contributed by atoms with Crippen molar-refractivity contribution in [1.29, 1.82) is 0 Å². The molecule has 6 rings (SSSR count). The first-order valence-corrected chi connectivity index (χ1v) is 12.9. The predicted molar refractivity (Wildman–Crippen MR) is 131 cm³/mol. The van der Waals surface area contributed by atoms with E-state index >= 15 is 0 Å². The number of benzene rings is 1. The standard InChI is InChI=1S/C28H35N3O3.ClH/c32-26(30-25-12-6-9-17-29-25)21-31-18-13-22(14-19-31)24(20-31)34-27(33)28(15-7-1-2-8-16-28)23-10-4-3-5-11-23;/h3-6,9-12,17,22,24H,1-2,7-8,13-16,18-21H2;1H/t22?,24-,31?;/m0./s1. The number of ether oxygens (including phenoxy) is 1. The molecule has 3 saturated heterocycles. The number of anilines is 1. The van der Waals surface area contributed by atoms with Crippen molar-refractivity contribution in [1.82, 2.24) is 4.98 Å². The molecule has 4 fully saturated rings. The van der Waals surface area contributed by atoms with Gasteiger partial charge in [-0.2, -0.15) is 0 Å². The van der Waals surface area contributed by atoms with E-state index < -0.39 is 5.41 Å². The second kappa shape index (κ2) is 11.1. The van der Waals surface area contributed by atoms with Gasteiger partial charge in [0.1, 0.15) is 12.4 Å². The predicted octanol–water partition coefficient (Wildman–Crippen LogP) is 1.47. The number of carbonyl (C=O) groups is 2. The quantitative estimate of drug-likeness (QED) is 0.373. The minimum absolute atomic E-state index is 0. The van der Waals surface area contributed by atoms with Gasteiger partial charge in [-0.3, -0.25) is 9.59 Å². The number of amides is 1. The average Bonchev–Trinajstić information content (AvgIpc) is 3.13. The summed E-state index contributed by atoms with van der Waals surface area (Å²) in [6, 6.07) is 15.8. The van der Waals surface area contributed by atoms with Gasteiger partial charge in [0.25, 0.3) is 5.91 Å². The number of quaternary nitrogens is 1. The molecule has 1 aliphatic carbocycles. The van der Waals surface area contributed by atoms with Crippen LogP contribution in [0.15, 0.2) is 54.7 Å². The lowest BCUT2D eigenvalue weighted by molar-refractivity contribution is -0.939. The monoisotopic (exact) mass is 497 g/mol. The zero-order chi connectivity index (χ0) is 23.4. The molecule has 1 N–H and O–H groups in total. The number of nitrogens with zero attached hydrogens (tertiary/aromatic N) is 2. The Kier molecular flexibility index (Phi) is 8.12. The van der Waals surface area contributed by atoms with Crippen molar-refractivity contribution in [3.05, 3.63) is 60.3 Å². The van der Waals surface area contributed by atoms with E-state index in [0.717, 1.165) is 63.7 Å². The number of piperidine rings is 3. The third kappa shape index (κ3) is 5.54. The summed E-state index contributed by atoms with van der Waals surface area (Å²) in [4.78, 5) is 30.9. The van der Waals surface area contributed by atoms with E-state index in [1.165, 1.54) is 12.8 Å². The van der Waals surface area contributed by atoms with E-state index in [0.29, 0.717) is 22.8 Å². The minimum atomic E-state index is -0.537. The highest BCUT2D eigenvalue weighted by Gasteiger charge is 2.51. The minimum Gasteiger partial charge on any atom is -1.00 e. The molecule has 1 saturated carbocycles. The maximum Gasteiger partial charge on any atom is 0.317 e. The highest BCUT2D eigenvalue weighted by molar-refractivity contribution is 5.90. The second-order valence-corrected chi connectivity index (χ2v) is 10.5. The summed E-state index contributed by atoms with van der Waals surface area (Å²) in [5, 5.41) is 2.93. The highest BCUT2D eigenvalue weighted by atomic mass is 35.5. The largest absolute Gasteiger partial charge is 1.00 e. The van der Waals surface area contributed by atoms with Crippen LogP contribution in [0.3, 0.4) is 0 Å². The van der Waals surface area contributed by atoms with Crippen molar-refractivity contribution in [3.8, 4) is 0 Å². The zero-order valence-corrected chi connectivity index (χ0v) is 21.1. The lowest BCUT2D eigenvalue weighted by Gasteiger charge is -2.52. The molecule has 1 atom stereocenters. The molecule has 4 aliphatic rings. The van der Waals surface area contributed by atoms with Crippen LogP contribution < -0.4 is 17.7 Å². The number of esters is 1. The number of carbonyl (C=O) groups excluding carboxylic acids is 2. The number of pyridine rings is 1. The van der Waals surface area contributed by atoms with Crippen LogP contribution in [-0.2, 0) is 19.7 Å². The fourth-order valence-corrected chi connectivity index (χ4v) is 6.45. The van der Waals surface area contributed by atoms with Crippen LogP contribution in [0.5, 0.6) is 0 Å². The van der Waals surface area contributed by atoms with Crippen molar-refractivity contribution in [2.45, 2.75) is 62.9 Å². The third-order valence-corrected chi connectivity index (χ3v) is 8.39. The molecular formula is C28H36ClN3O3. The molecule has 188 valence electrons. The van der Waals surface area contributed by atoms with Crippen molar-refractivity contribution >= 4 is 17.7 Å². The van der Waals surface area contributed by atoms with E-state index in [-0.39, 0.29) is 30.4 Å². The lowest BCUT2D eigenvalue weighted by Crippen LogP contribution is -3.00. The van der Waals surface area contributed by atoms with Crippen LogP contribution in [0.2, 0.25) is 0 Å². The first kappa shape index (κ1) is 25.6. The molecule has 1 amide bonds. The van der Waals surface area contributed by atoms with Crippen molar-refractivity contribution in [3.63, 3.8) is 0 Å². The van der Waals surface area contributed by atoms with E-state index in [1.807, 2.05) is 30.3 Å². The molecule has 1 aromatic heterocycles. The van der Waals surface area contributed by atoms with E-state index in [1.54, 1.807) is 12.3 Å². The Hall–Kier alpha value is -2.44. The molecular weight excluding hydrogens is 462 g/mol. The summed E-state index contributed by atoms with van der Waals surface area (Å²) in [6.45, 7) is 3.08. The summed E-state index contributed by atoms with van der Waals surface area (Å²) in [7, 11) is 0. The van der Waals surface area contributed by atoms with Gasteiger partial charge < -0.3 is 26.9 Å². The summed E-state index contributed by atoms with van der Waals surface area (Å²) in [5.41, 5.74) is 0.562. The molecule has 35 heavy (non-hydrogen) atoms. The number of aromatic nitrogens is 1. The summed E-state index contributed by atoms with van der Waals surface area (Å²) >= 11 is 0. The molecule has 0 spiro atoms. The van der Waals surface area contributed by atoms with Gasteiger partial charge in [-0.1, -0.05) is 62.1 Å². The summed E-state index contributed by atoms with van der Waals surface area (Å²) in [6.07, 6.45) is 9.79. The van der Waals surface area contributed by atoms with Gasteiger partial charge >= 0.3 is 5.97 Å². The number of nitrogens with one attached hydrogen (secondary N) is 1. The van der Waals surface area contributed by atoms with Crippen molar-refractivity contribution < 1.29 is 31.2 Å². The Morgan fingerprint density at radius 1 is 0.971 bits per heavy atom. The molecule has 0 unspecified atom stereocenters. The number of rotatable bonds is 6. The molecule has 7 heteroatoms. The van der Waals surface area contributed by atoms with Crippen LogP contribution in [0.4, 0.5) is 5.82 Å². The van der Waals surface area contributed by atoms with Gasteiger partial charge in [-0.25, -0.2) is 4.98 Å². The van der Waals surface area contributed by atoms with Gasteiger partial charge in [0.05, 0.1) is 18.5 Å². The molecule has 0 radical (unpaired) electrons. The maximum absolute atomic E-state index is 13.9. The average molecular weight is 498 g/mol. The molecule has 1 aromatic carbocycles. The van der Waals surface area contributed by atoms with Crippen molar-refractivity contribution in [2.24, 2.45) is 5.92 Å². The third-order valence-electron chi connectivity index (χ3n) is 8.39. The number of hydrogen-bond donors (Lipinski definition) is 1. The summed E-state index contributed by atoms with van der Waals surface area (Å²) in [5.74, 6) is 0.921. The van der Waals surface area contributed by atoms with Crippen LogP contribution in [0.1, 0.15) is 56.9 Å². The SMILES string of the molecule is O=C(C[N+]12CCC(CC1)[C@@H](OC(=O)C1(c3ccccc3)CCCCCC1)C2)Nc1ccccn1.[Cl-]. The fourth-order valence-electron chi connectivity index (χ4n) is 6.45. The van der Waals surface area contributed by atoms with Gasteiger partial charge in [-0.15, -0.1) is 0 Å². The highest BCUT2D eigenvalue weighted by Crippen LogP contribution is 2.42. The Morgan fingerprint density at radius 2 is 1.66 bits per heavy atom. The molecule has 2 bridgehead atoms. The molecule has 6 nitrogen and oxygen atoms in total. The lowest BCUT2D eigenvalue weighted by atomic mass is 9.74. The fraction of sp³-hybridized carbons (Fsp3) is 0.536. The Bertz CT molecular complexity index is 985. The number of halogens is 1. The Labute approximate surface area is 214 Å². The molecule has 4 heterocycles. The zero-order valence-electron chi connectivity index (χ0n) is 20.3. The van der Waals surface area contributed by atoms with Crippen LogP contribution in [0, 0.1) is 5.92 Å².